The molecule has 7 heteroatoms. The van der Waals surface area contributed by atoms with Crippen molar-refractivity contribution in [1.82, 2.24) is 20.3 Å². The molecule has 0 saturated heterocycles. The van der Waals surface area contributed by atoms with Crippen LogP contribution in [-0.4, -0.2) is 28.0 Å². The number of hydrogen-bond donors (Lipinski definition) is 1. The van der Waals surface area contributed by atoms with Crippen LogP contribution in [-0.2, 0) is 11.3 Å². The number of nitrogens with one attached hydrogen (secondary N) is 1. The summed E-state index contributed by atoms with van der Waals surface area (Å²) in [5, 5.41) is 11.3. The maximum Gasteiger partial charge on any atom is 0.278 e. The Morgan fingerprint density at radius 3 is 2.52 bits per heavy atom. The molecule has 0 bridgehead atoms. The smallest absolute Gasteiger partial charge is 0.278 e. The van der Waals surface area contributed by atoms with Crippen molar-refractivity contribution in [2.24, 2.45) is 5.92 Å². The topological polar surface area (TPSA) is 86.1 Å². The molecule has 0 aliphatic carbocycles. The van der Waals surface area contributed by atoms with Crippen LogP contribution < -0.4 is 15.6 Å². The highest BCUT2D eigenvalue weighted by molar-refractivity contribution is 5.78. The second-order valence-electron chi connectivity index (χ2n) is 6.63. The third kappa shape index (κ3) is 4.13. The minimum Gasteiger partial charge on any atom is -0.497 e. The van der Waals surface area contributed by atoms with Gasteiger partial charge < -0.3 is 10.1 Å². The number of carbonyl (C=O) groups excluding carboxylic acids is 1. The Hall–Kier alpha value is -3.22. The van der Waals surface area contributed by atoms with Crippen molar-refractivity contribution in [1.29, 1.82) is 0 Å². The van der Waals surface area contributed by atoms with E-state index in [9.17, 15) is 9.59 Å². The monoisotopic (exact) mass is 366 g/mol. The predicted octanol–water partition coefficient (Wildman–Crippen LogP) is 2.31. The van der Waals surface area contributed by atoms with Gasteiger partial charge in [0.15, 0.2) is 0 Å². The lowest BCUT2D eigenvalue weighted by Crippen LogP contribution is -2.37. The van der Waals surface area contributed by atoms with Gasteiger partial charge in [0.05, 0.1) is 18.5 Å². The first-order chi connectivity index (χ1) is 13.0. The second-order valence-corrected chi connectivity index (χ2v) is 6.63. The Morgan fingerprint density at radius 1 is 1.15 bits per heavy atom. The van der Waals surface area contributed by atoms with E-state index in [1.165, 1.54) is 0 Å². The van der Waals surface area contributed by atoms with Crippen molar-refractivity contribution in [2.45, 2.75) is 26.4 Å². The van der Waals surface area contributed by atoms with Gasteiger partial charge in [-0.05, 0) is 35.7 Å². The van der Waals surface area contributed by atoms with Gasteiger partial charge in [-0.2, -0.15) is 0 Å². The summed E-state index contributed by atoms with van der Waals surface area (Å²) in [4.78, 5) is 25.0. The largest absolute Gasteiger partial charge is 0.497 e. The normalized spacial score (nSPS) is 12.1. The maximum atomic E-state index is 12.5. The fourth-order valence-electron chi connectivity index (χ4n) is 2.93. The minimum atomic E-state index is -0.332. The molecule has 1 N–H and O–H groups in total. The second kappa shape index (κ2) is 7.99. The number of methoxy groups -OCH3 is 1. The molecule has 1 heterocycles. The molecule has 0 aliphatic rings. The van der Waals surface area contributed by atoms with Crippen LogP contribution in [0.15, 0.2) is 53.3 Å². The molecule has 1 unspecified atom stereocenters. The van der Waals surface area contributed by atoms with E-state index >= 15 is 0 Å². The van der Waals surface area contributed by atoms with Gasteiger partial charge in [0.1, 0.15) is 17.8 Å². The first kappa shape index (κ1) is 18.6. The number of nitrogens with zero attached hydrogens (tertiary/aromatic N) is 3. The lowest BCUT2D eigenvalue weighted by atomic mass is 9.96. The minimum absolute atomic E-state index is 0.168. The molecule has 1 aromatic heterocycles. The third-order valence-corrected chi connectivity index (χ3v) is 4.38. The highest BCUT2D eigenvalue weighted by atomic mass is 16.5. The summed E-state index contributed by atoms with van der Waals surface area (Å²) in [6.07, 6.45) is 0. The first-order valence-corrected chi connectivity index (χ1v) is 8.75. The quantitative estimate of drug-likeness (QED) is 0.723. The summed E-state index contributed by atoms with van der Waals surface area (Å²) < 4.78 is 6.26. The van der Waals surface area contributed by atoms with Crippen molar-refractivity contribution in [3.63, 3.8) is 0 Å². The first-order valence-electron chi connectivity index (χ1n) is 8.75. The molecule has 3 rings (SSSR count). The van der Waals surface area contributed by atoms with Crippen molar-refractivity contribution in [2.75, 3.05) is 7.11 Å². The van der Waals surface area contributed by atoms with Gasteiger partial charge in [0, 0.05) is 0 Å². The Bertz CT molecular complexity index is 996. The lowest BCUT2D eigenvalue weighted by molar-refractivity contribution is -0.123. The Morgan fingerprint density at radius 2 is 1.85 bits per heavy atom. The summed E-state index contributed by atoms with van der Waals surface area (Å²) in [7, 11) is 1.61. The van der Waals surface area contributed by atoms with Gasteiger partial charge >= 0.3 is 0 Å². The highest BCUT2D eigenvalue weighted by Gasteiger charge is 2.19. The van der Waals surface area contributed by atoms with Gasteiger partial charge in [0.25, 0.3) is 5.56 Å². The van der Waals surface area contributed by atoms with Crippen molar-refractivity contribution >= 4 is 16.8 Å². The number of rotatable bonds is 6. The highest BCUT2D eigenvalue weighted by Crippen LogP contribution is 2.23. The van der Waals surface area contributed by atoms with E-state index in [1.54, 1.807) is 31.4 Å². The Balaban J connectivity index is 1.78. The van der Waals surface area contributed by atoms with Gasteiger partial charge in [0.2, 0.25) is 5.91 Å². The molecular formula is C20H22N4O3. The van der Waals surface area contributed by atoms with E-state index < -0.39 is 0 Å². The molecule has 1 atom stereocenters. The molecule has 0 aliphatic heterocycles. The average molecular weight is 366 g/mol. The molecule has 27 heavy (non-hydrogen) atoms. The average Bonchev–Trinajstić information content (AvgIpc) is 2.68. The number of ether oxygens (including phenoxy) is 1. The van der Waals surface area contributed by atoms with Crippen LogP contribution in [0.1, 0.15) is 25.5 Å². The zero-order chi connectivity index (χ0) is 19.4. The molecule has 0 fully saturated rings. The molecule has 1 amide bonds. The van der Waals surface area contributed by atoms with Crippen LogP contribution in [0.2, 0.25) is 0 Å². The van der Waals surface area contributed by atoms with E-state index in [0.717, 1.165) is 16.0 Å². The molecule has 0 radical (unpaired) electrons. The summed E-state index contributed by atoms with van der Waals surface area (Å²) in [6, 6.07) is 14.3. The molecule has 3 aromatic rings. The number of benzene rings is 2. The van der Waals surface area contributed by atoms with Gasteiger partial charge in [-0.3, -0.25) is 9.59 Å². The van der Waals surface area contributed by atoms with Crippen LogP contribution >= 0.6 is 0 Å². The van der Waals surface area contributed by atoms with Crippen LogP contribution in [0.3, 0.4) is 0 Å². The maximum absolute atomic E-state index is 12.5. The van der Waals surface area contributed by atoms with Crippen LogP contribution in [0.5, 0.6) is 5.75 Å². The molecule has 0 saturated carbocycles. The van der Waals surface area contributed by atoms with Crippen LogP contribution in [0.4, 0.5) is 0 Å². The molecule has 0 spiro atoms. The van der Waals surface area contributed by atoms with Crippen LogP contribution in [0.25, 0.3) is 10.9 Å². The van der Waals surface area contributed by atoms with Crippen LogP contribution in [0, 0.1) is 5.92 Å². The zero-order valence-corrected chi connectivity index (χ0v) is 15.5. The van der Waals surface area contributed by atoms with Gasteiger partial charge in [-0.25, -0.2) is 4.68 Å². The summed E-state index contributed by atoms with van der Waals surface area (Å²) in [5.74, 6) is 0.628. The van der Waals surface area contributed by atoms with E-state index in [1.807, 2.05) is 38.1 Å². The summed E-state index contributed by atoms with van der Waals surface area (Å²) in [6.45, 7) is 3.87. The Labute approximate surface area is 157 Å². The van der Waals surface area contributed by atoms with E-state index in [2.05, 4.69) is 15.6 Å². The van der Waals surface area contributed by atoms with Gasteiger partial charge in [-0.15, -0.1) is 5.10 Å². The summed E-state index contributed by atoms with van der Waals surface area (Å²) >= 11 is 0. The standard InChI is InChI=1S/C20H22N4O3/c1-13(2)19(14-8-10-15(27-3)11-9-14)21-18(25)12-24-20(26)16-6-4-5-7-17(16)22-23-24/h4-11,13,19H,12H2,1-3H3,(H,21,25). The Kier molecular flexibility index (Phi) is 5.49. The molecular weight excluding hydrogens is 344 g/mol. The fraction of sp³-hybridized carbons (Fsp3) is 0.300. The number of fused-ring (bicyclic) bond motifs is 1. The number of aromatic nitrogens is 3. The zero-order valence-electron chi connectivity index (χ0n) is 15.5. The molecule has 140 valence electrons. The SMILES string of the molecule is COc1ccc(C(NC(=O)Cn2nnc3ccccc3c2=O)C(C)C)cc1. The van der Waals surface area contributed by atoms with E-state index in [0.29, 0.717) is 10.9 Å². The lowest BCUT2D eigenvalue weighted by Gasteiger charge is -2.23. The van der Waals surface area contributed by atoms with Crippen molar-refractivity contribution in [3.05, 3.63) is 64.4 Å². The summed E-state index contributed by atoms with van der Waals surface area (Å²) in [5.41, 5.74) is 1.15. The van der Waals surface area contributed by atoms with E-state index in [-0.39, 0.29) is 30.0 Å². The van der Waals surface area contributed by atoms with Crippen molar-refractivity contribution in [3.8, 4) is 5.75 Å². The number of carbonyl (C=O) groups is 1. The predicted molar refractivity (Wildman–Crippen MR) is 103 cm³/mol. The van der Waals surface area contributed by atoms with Gasteiger partial charge in [-0.1, -0.05) is 43.3 Å². The fourth-order valence-corrected chi connectivity index (χ4v) is 2.93. The molecule has 2 aromatic carbocycles. The van der Waals surface area contributed by atoms with E-state index in [4.69, 9.17) is 4.74 Å². The third-order valence-electron chi connectivity index (χ3n) is 4.38. The van der Waals surface area contributed by atoms with Crippen molar-refractivity contribution < 1.29 is 9.53 Å². The number of hydrogen-bond acceptors (Lipinski definition) is 5. The number of amides is 1. The molecule has 7 nitrogen and oxygen atoms in total.